The van der Waals surface area contributed by atoms with Gasteiger partial charge in [0.15, 0.2) is 11.6 Å². The zero-order valence-corrected chi connectivity index (χ0v) is 9.29. The summed E-state index contributed by atoms with van der Waals surface area (Å²) in [5, 5.41) is 9.43. The van der Waals surface area contributed by atoms with Crippen LogP contribution in [0.4, 0.5) is 4.39 Å². The van der Waals surface area contributed by atoms with Crippen LogP contribution in [0, 0.1) is 5.82 Å². The van der Waals surface area contributed by atoms with E-state index in [0.717, 1.165) is 24.8 Å². The molecule has 16 heavy (non-hydrogen) atoms. The highest BCUT2D eigenvalue weighted by Crippen LogP contribution is 2.47. The number of benzene rings is 1. The lowest BCUT2D eigenvalue weighted by Crippen LogP contribution is -2.41. The van der Waals surface area contributed by atoms with Gasteiger partial charge in [-0.15, -0.1) is 0 Å². The van der Waals surface area contributed by atoms with E-state index in [1.807, 2.05) is 0 Å². The number of hydrogen-bond donors (Lipinski definition) is 2. The van der Waals surface area contributed by atoms with Crippen molar-refractivity contribution >= 4 is 0 Å². The molecule has 3 N–H and O–H groups in total. The second-order valence-corrected chi connectivity index (χ2v) is 4.34. The van der Waals surface area contributed by atoms with Gasteiger partial charge in [0.2, 0.25) is 0 Å². The Morgan fingerprint density at radius 2 is 2.19 bits per heavy atom. The molecule has 0 heterocycles. The van der Waals surface area contributed by atoms with Crippen molar-refractivity contribution in [3.8, 4) is 11.5 Å². The third kappa shape index (κ3) is 1.53. The molecular weight excluding hydrogens is 209 g/mol. The minimum absolute atomic E-state index is 0.142. The highest BCUT2D eigenvalue weighted by atomic mass is 19.1. The van der Waals surface area contributed by atoms with E-state index >= 15 is 0 Å². The number of rotatable bonds is 3. The molecule has 88 valence electrons. The van der Waals surface area contributed by atoms with Gasteiger partial charge in [0.1, 0.15) is 5.75 Å². The summed E-state index contributed by atoms with van der Waals surface area (Å²) in [6, 6.07) is 2.67. The molecule has 0 unspecified atom stereocenters. The number of hydrogen-bond acceptors (Lipinski definition) is 3. The minimum atomic E-state index is -0.660. The molecule has 0 saturated heterocycles. The number of methoxy groups -OCH3 is 1. The Morgan fingerprint density at radius 3 is 2.62 bits per heavy atom. The first-order valence-electron chi connectivity index (χ1n) is 5.40. The van der Waals surface area contributed by atoms with Gasteiger partial charge >= 0.3 is 0 Å². The first-order valence-corrected chi connectivity index (χ1v) is 5.40. The van der Waals surface area contributed by atoms with Gasteiger partial charge in [0.25, 0.3) is 0 Å². The summed E-state index contributed by atoms with van der Waals surface area (Å²) in [4.78, 5) is 0. The third-order valence-corrected chi connectivity index (χ3v) is 3.54. The van der Waals surface area contributed by atoms with Crippen LogP contribution in [0.1, 0.15) is 24.8 Å². The molecule has 0 bridgehead atoms. The third-order valence-electron chi connectivity index (χ3n) is 3.54. The van der Waals surface area contributed by atoms with E-state index in [2.05, 4.69) is 0 Å². The van der Waals surface area contributed by atoms with Crippen LogP contribution < -0.4 is 10.5 Å². The maximum Gasteiger partial charge on any atom is 0.168 e. The highest BCUT2D eigenvalue weighted by molar-refractivity contribution is 5.46. The van der Waals surface area contributed by atoms with E-state index in [1.165, 1.54) is 19.2 Å². The number of nitrogens with two attached hydrogens (primary N) is 1. The van der Waals surface area contributed by atoms with Crippen LogP contribution in [-0.4, -0.2) is 18.8 Å². The maximum absolute atomic E-state index is 13.2. The Bertz CT molecular complexity index is 397. The molecule has 1 aliphatic carbocycles. The molecule has 1 saturated carbocycles. The van der Waals surface area contributed by atoms with Crippen LogP contribution in [0.25, 0.3) is 0 Å². The number of phenolic OH excluding ortho intramolecular Hbond substituents is 1. The summed E-state index contributed by atoms with van der Waals surface area (Å²) in [6.07, 6.45) is 3.04. The molecule has 1 fully saturated rings. The Labute approximate surface area is 94.0 Å². The molecule has 0 radical (unpaired) electrons. The zero-order chi connectivity index (χ0) is 11.8. The van der Waals surface area contributed by atoms with Gasteiger partial charge in [-0.2, -0.15) is 0 Å². The number of phenols is 1. The second kappa shape index (κ2) is 3.94. The van der Waals surface area contributed by atoms with Crippen molar-refractivity contribution in [3.63, 3.8) is 0 Å². The lowest BCUT2D eigenvalue weighted by molar-refractivity contribution is 0.241. The molecular formula is C12H16FNO2. The molecule has 1 aromatic carbocycles. The fraction of sp³-hybridized carbons (Fsp3) is 0.500. The van der Waals surface area contributed by atoms with E-state index in [4.69, 9.17) is 10.5 Å². The molecule has 0 amide bonds. The molecule has 0 aromatic heterocycles. The van der Waals surface area contributed by atoms with Gasteiger partial charge in [0.05, 0.1) is 7.11 Å². The largest absolute Gasteiger partial charge is 0.505 e. The average Bonchev–Trinajstić information content (AvgIpc) is 2.22. The van der Waals surface area contributed by atoms with E-state index in [-0.39, 0.29) is 11.2 Å². The monoisotopic (exact) mass is 225 g/mol. The molecule has 4 heteroatoms. The van der Waals surface area contributed by atoms with Crippen molar-refractivity contribution in [1.29, 1.82) is 0 Å². The van der Waals surface area contributed by atoms with E-state index in [1.54, 1.807) is 0 Å². The minimum Gasteiger partial charge on any atom is -0.505 e. The summed E-state index contributed by atoms with van der Waals surface area (Å²) in [5.41, 5.74) is 6.46. The predicted octanol–water partition coefficient (Wildman–Crippen LogP) is 1.92. The van der Waals surface area contributed by atoms with Gasteiger partial charge in [-0.05, 0) is 18.9 Å². The van der Waals surface area contributed by atoms with E-state index in [9.17, 15) is 9.50 Å². The summed E-state index contributed by atoms with van der Waals surface area (Å²) in [6.45, 7) is 0.494. The number of halogens is 1. The van der Waals surface area contributed by atoms with Gasteiger partial charge in [-0.1, -0.05) is 6.42 Å². The van der Waals surface area contributed by atoms with Gasteiger partial charge in [0, 0.05) is 23.6 Å². The lowest BCUT2D eigenvalue weighted by atomic mass is 9.64. The second-order valence-electron chi connectivity index (χ2n) is 4.34. The quantitative estimate of drug-likeness (QED) is 0.826. The van der Waals surface area contributed by atoms with Gasteiger partial charge in [-0.3, -0.25) is 0 Å². The van der Waals surface area contributed by atoms with Crippen LogP contribution >= 0.6 is 0 Å². The first-order chi connectivity index (χ1) is 7.63. The average molecular weight is 225 g/mol. The number of ether oxygens (including phenoxy) is 1. The Balaban J connectivity index is 2.50. The van der Waals surface area contributed by atoms with Crippen LogP contribution in [0.5, 0.6) is 11.5 Å². The van der Waals surface area contributed by atoms with Crippen molar-refractivity contribution in [2.75, 3.05) is 13.7 Å². The molecule has 1 aliphatic rings. The van der Waals surface area contributed by atoms with Crippen molar-refractivity contribution in [3.05, 3.63) is 23.5 Å². The van der Waals surface area contributed by atoms with Gasteiger partial charge in [-0.25, -0.2) is 4.39 Å². The Morgan fingerprint density at radius 1 is 1.50 bits per heavy atom. The summed E-state index contributed by atoms with van der Waals surface area (Å²) in [5.74, 6) is -0.525. The highest BCUT2D eigenvalue weighted by Gasteiger charge is 2.40. The molecule has 0 spiro atoms. The van der Waals surface area contributed by atoms with Crippen LogP contribution in [0.15, 0.2) is 12.1 Å². The first kappa shape index (κ1) is 11.2. The van der Waals surface area contributed by atoms with E-state index in [0.29, 0.717) is 12.3 Å². The topological polar surface area (TPSA) is 55.5 Å². The van der Waals surface area contributed by atoms with Gasteiger partial charge < -0.3 is 15.6 Å². The predicted molar refractivity (Wildman–Crippen MR) is 59.2 cm³/mol. The van der Waals surface area contributed by atoms with Crippen molar-refractivity contribution < 1.29 is 14.2 Å². The van der Waals surface area contributed by atoms with Crippen LogP contribution in [0.3, 0.4) is 0 Å². The summed E-state index contributed by atoms with van der Waals surface area (Å²) >= 11 is 0. The Kier molecular flexibility index (Phi) is 2.76. The molecule has 0 atom stereocenters. The lowest BCUT2D eigenvalue weighted by Gasteiger charge is -2.42. The fourth-order valence-corrected chi connectivity index (χ4v) is 2.31. The van der Waals surface area contributed by atoms with Crippen LogP contribution in [-0.2, 0) is 5.41 Å². The number of aromatic hydroxyl groups is 1. The zero-order valence-electron chi connectivity index (χ0n) is 9.29. The maximum atomic E-state index is 13.2. The fourth-order valence-electron chi connectivity index (χ4n) is 2.31. The molecule has 2 rings (SSSR count). The van der Waals surface area contributed by atoms with Crippen LogP contribution in [0.2, 0.25) is 0 Å². The van der Waals surface area contributed by atoms with Crippen molar-refractivity contribution in [2.24, 2.45) is 5.73 Å². The standard InChI is InChI=1S/C12H16FNO2/c1-16-11-6-9(13)10(15)5-8(11)12(7-14)3-2-4-12/h5-6,15H,2-4,7,14H2,1H3. The van der Waals surface area contributed by atoms with E-state index < -0.39 is 5.82 Å². The molecule has 0 aliphatic heterocycles. The normalized spacial score (nSPS) is 17.9. The van der Waals surface area contributed by atoms with Crippen molar-refractivity contribution in [1.82, 2.24) is 0 Å². The smallest absolute Gasteiger partial charge is 0.168 e. The molecule has 1 aromatic rings. The SMILES string of the molecule is COc1cc(F)c(O)cc1C1(CN)CCC1. The molecule has 3 nitrogen and oxygen atoms in total. The Hall–Kier alpha value is -1.29. The summed E-state index contributed by atoms with van der Waals surface area (Å²) in [7, 11) is 1.50. The summed E-state index contributed by atoms with van der Waals surface area (Å²) < 4.78 is 18.4. The van der Waals surface area contributed by atoms with Crippen molar-refractivity contribution in [2.45, 2.75) is 24.7 Å².